The smallest absolute Gasteiger partial charge is 0.329 e. The molecule has 2 rings (SSSR count). The molecule has 0 aliphatic carbocycles. The molecule has 1 aliphatic rings. The van der Waals surface area contributed by atoms with Crippen molar-refractivity contribution in [3.8, 4) is 0 Å². The minimum atomic E-state index is -0.984. The second kappa shape index (κ2) is 5.53. The fourth-order valence-electron chi connectivity index (χ4n) is 1.88. The molecule has 0 bridgehead atoms. The van der Waals surface area contributed by atoms with Crippen molar-refractivity contribution in [2.45, 2.75) is 23.4 Å². The van der Waals surface area contributed by atoms with E-state index in [4.69, 9.17) is 4.74 Å². The van der Waals surface area contributed by atoms with E-state index in [2.05, 4.69) is 15.3 Å². The normalized spacial score (nSPS) is 18.3. The number of carboxylic acids is 1. The van der Waals surface area contributed by atoms with E-state index in [0.29, 0.717) is 31.9 Å². The molecule has 1 fully saturated rings. The Morgan fingerprint density at radius 1 is 1.50 bits per heavy atom. The van der Waals surface area contributed by atoms with Crippen LogP contribution in [0.25, 0.3) is 0 Å². The SMILES string of the molecule is CSc1cc(NC2(C(=O)O)CCOCC2)ncn1. The third-order valence-electron chi connectivity index (χ3n) is 2.97. The Bertz CT molecular complexity index is 435. The quantitative estimate of drug-likeness (QED) is 0.628. The number of nitrogens with zero attached hydrogens (tertiary/aromatic N) is 2. The minimum absolute atomic E-state index is 0.431. The number of thioether (sulfide) groups is 1. The molecule has 0 radical (unpaired) electrons. The number of ether oxygens (including phenoxy) is 1. The Labute approximate surface area is 109 Å². The Hall–Kier alpha value is -1.34. The fraction of sp³-hybridized carbons (Fsp3) is 0.545. The molecule has 7 heteroatoms. The molecule has 0 atom stereocenters. The summed E-state index contributed by atoms with van der Waals surface area (Å²) >= 11 is 1.49. The van der Waals surface area contributed by atoms with E-state index in [1.807, 2.05) is 6.26 Å². The van der Waals surface area contributed by atoms with E-state index < -0.39 is 11.5 Å². The Morgan fingerprint density at radius 2 is 2.22 bits per heavy atom. The number of nitrogens with one attached hydrogen (secondary N) is 1. The first-order valence-corrected chi connectivity index (χ1v) is 6.84. The van der Waals surface area contributed by atoms with Gasteiger partial charge in [-0.15, -0.1) is 11.8 Å². The minimum Gasteiger partial charge on any atom is -0.480 e. The number of carboxylic acid groups (broad SMARTS) is 1. The maximum atomic E-state index is 11.5. The lowest BCUT2D eigenvalue weighted by molar-refractivity contribution is -0.145. The molecule has 0 saturated carbocycles. The summed E-state index contributed by atoms with van der Waals surface area (Å²) in [5.74, 6) is -0.325. The van der Waals surface area contributed by atoms with Gasteiger partial charge in [-0.05, 0) is 6.26 Å². The zero-order chi connectivity index (χ0) is 13.0. The van der Waals surface area contributed by atoms with Crippen molar-refractivity contribution in [2.75, 3.05) is 24.8 Å². The van der Waals surface area contributed by atoms with Crippen molar-refractivity contribution in [3.05, 3.63) is 12.4 Å². The molecule has 18 heavy (non-hydrogen) atoms. The van der Waals surface area contributed by atoms with E-state index in [9.17, 15) is 9.90 Å². The van der Waals surface area contributed by atoms with Crippen molar-refractivity contribution in [2.24, 2.45) is 0 Å². The largest absolute Gasteiger partial charge is 0.480 e. The molecule has 0 amide bonds. The Kier molecular flexibility index (Phi) is 4.03. The average molecular weight is 269 g/mol. The molecular formula is C11H15N3O3S. The van der Waals surface area contributed by atoms with Crippen molar-refractivity contribution < 1.29 is 14.6 Å². The molecule has 1 aromatic rings. The van der Waals surface area contributed by atoms with E-state index in [-0.39, 0.29) is 0 Å². The molecule has 0 aromatic carbocycles. The van der Waals surface area contributed by atoms with Crippen LogP contribution in [-0.4, -0.2) is 46.1 Å². The van der Waals surface area contributed by atoms with Crippen LogP contribution < -0.4 is 5.32 Å². The van der Waals surface area contributed by atoms with Crippen LogP contribution in [0.1, 0.15) is 12.8 Å². The standard InChI is InChI=1S/C11H15N3O3S/c1-18-9-6-8(12-7-13-9)14-11(10(15)16)2-4-17-5-3-11/h6-7H,2-5H2,1H3,(H,15,16)(H,12,13,14). The van der Waals surface area contributed by atoms with Gasteiger partial charge in [-0.1, -0.05) is 0 Å². The summed E-state index contributed by atoms with van der Waals surface area (Å²) in [5, 5.41) is 13.2. The Morgan fingerprint density at radius 3 is 2.83 bits per heavy atom. The van der Waals surface area contributed by atoms with Gasteiger partial charge < -0.3 is 15.2 Å². The second-order valence-electron chi connectivity index (χ2n) is 4.07. The van der Waals surface area contributed by atoms with Gasteiger partial charge >= 0.3 is 5.97 Å². The van der Waals surface area contributed by atoms with Gasteiger partial charge in [0.1, 0.15) is 22.7 Å². The lowest BCUT2D eigenvalue weighted by Crippen LogP contribution is -2.50. The maximum Gasteiger partial charge on any atom is 0.329 e. The molecular weight excluding hydrogens is 254 g/mol. The topological polar surface area (TPSA) is 84.3 Å². The number of aliphatic carboxylic acids is 1. The van der Waals surface area contributed by atoms with Gasteiger partial charge in [0.15, 0.2) is 0 Å². The molecule has 6 nitrogen and oxygen atoms in total. The van der Waals surface area contributed by atoms with Gasteiger partial charge in [0, 0.05) is 32.1 Å². The van der Waals surface area contributed by atoms with Crippen LogP contribution in [0.2, 0.25) is 0 Å². The van der Waals surface area contributed by atoms with Crippen LogP contribution in [0.15, 0.2) is 17.4 Å². The molecule has 1 aliphatic heterocycles. The summed E-state index contributed by atoms with van der Waals surface area (Å²) in [7, 11) is 0. The van der Waals surface area contributed by atoms with Gasteiger partial charge in [0.2, 0.25) is 0 Å². The summed E-state index contributed by atoms with van der Waals surface area (Å²) in [6.45, 7) is 0.888. The number of hydrogen-bond acceptors (Lipinski definition) is 6. The summed E-state index contributed by atoms with van der Waals surface area (Å²) in [6, 6.07) is 1.75. The lowest BCUT2D eigenvalue weighted by atomic mass is 9.90. The highest BCUT2D eigenvalue weighted by molar-refractivity contribution is 7.98. The zero-order valence-corrected chi connectivity index (χ0v) is 10.9. The first kappa shape index (κ1) is 13.1. The predicted molar refractivity (Wildman–Crippen MR) is 67.9 cm³/mol. The first-order chi connectivity index (χ1) is 8.66. The Balaban J connectivity index is 2.20. The van der Waals surface area contributed by atoms with E-state index >= 15 is 0 Å². The van der Waals surface area contributed by atoms with E-state index in [0.717, 1.165) is 5.03 Å². The molecule has 0 unspecified atom stereocenters. The number of aromatic nitrogens is 2. The predicted octanol–water partition coefficient (Wildman–Crippen LogP) is 1.24. The summed E-state index contributed by atoms with van der Waals surface area (Å²) in [5.41, 5.74) is -0.984. The highest BCUT2D eigenvalue weighted by Crippen LogP contribution is 2.26. The van der Waals surface area contributed by atoms with Gasteiger partial charge in [0.25, 0.3) is 0 Å². The highest BCUT2D eigenvalue weighted by atomic mass is 32.2. The third-order valence-corrected chi connectivity index (χ3v) is 3.62. The first-order valence-electron chi connectivity index (χ1n) is 5.62. The van der Waals surface area contributed by atoms with E-state index in [1.54, 1.807) is 6.07 Å². The number of hydrogen-bond donors (Lipinski definition) is 2. The maximum absolute atomic E-state index is 11.5. The van der Waals surface area contributed by atoms with Crippen LogP contribution in [0.4, 0.5) is 5.82 Å². The number of carbonyl (C=O) groups is 1. The van der Waals surface area contributed by atoms with Gasteiger partial charge in [0.05, 0.1) is 0 Å². The van der Waals surface area contributed by atoms with Crippen LogP contribution in [0.3, 0.4) is 0 Å². The van der Waals surface area contributed by atoms with Crippen LogP contribution in [-0.2, 0) is 9.53 Å². The van der Waals surface area contributed by atoms with Gasteiger partial charge in [-0.3, -0.25) is 0 Å². The average Bonchev–Trinajstić information content (AvgIpc) is 2.40. The molecule has 2 N–H and O–H groups in total. The summed E-state index contributed by atoms with van der Waals surface area (Å²) in [6.07, 6.45) is 4.21. The van der Waals surface area contributed by atoms with Gasteiger partial charge in [-0.25, -0.2) is 14.8 Å². The highest BCUT2D eigenvalue weighted by Gasteiger charge is 2.40. The lowest BCUT2D eigenvalue weighted by Gasteiger charge is -2.34. The molecule has 2 heterocycles. The molecule has 1 saturated heterocycles. The number of rotatable bonds is 4. The van der Waals surface area contributed by atoms with Crippen molar-refractivity contribution in [1.29, 1.82) is 0 Å². The van der Waals surface area contributed by atoms with Crippen LogP contribution in [0, 0.1) is 0 Å². The molecule has 1 aromatic heterocycles. The summed E-state index contributed by atoms with van der Waals surface area (Å²) in [4.78, 5) is 19.6. The van der Waals surface area contributed by atoms with E-state index in [1.165, 1.54) is 18.1 Å². The third kappa shape index (κ3) is 2.73. The van der Waals surface area contributed by atoms with Crippen molar-refractivity contribution >= 4 is 23.5 Å². The fourth-order valence-corrected chi connectivity index (χ4v) is 2.26. The molecule has 0 spiro atoms. The zero-order valence-electron chi connectivity index (χ0n) is 10.0. The molecule has 98 valence electrons. The van der Waals surface area contributed by atoms with Crippen molar-refractivity contribution in [3.63, 3.8) is 0 Å². The monoisotopic (exact) mass is 269 g/mol. The van der Waals surface area contributed by atoms with Crippen LogP contribution >= 0.6 is 11.8 Å². The van der Waals surface area contributed by atoms with Crippen LogP contribution in [0.5, 0.6) is 0 Å². The number of anilines is 1. The summed E-state index contributed by atoms with van der Waals surface area (Å²) < 4.78 is 5.22. The second-order valence-corrected chi connectivity index (χ2v) is 4.90. The van der Waals surface area contributed by atoms with Crippen molar-refractivity contribution in [1.82, 2.24) is 9.97 Å². The van der Waals surface area contributed by atoms with Gasteiger partial charge in [-0.2, -0.15) is 0 Å².